The highest BCUT2D eigenvalue weighted by molar-refractivity contribution is 4.89. The Morgan fingerprint density at radius 3 is 2.29 bits per heavy atom. The first-order valence-corrected chi connectivity index (χ1v) is 8.01. The predicted octanol–water partition coefficient (Wildman–Crippen LogP) is 0.552. The number of aliphatic hydroxyl groups is 4. The number of ether oxygens (including phenoxy) is 2. The second-order valence-corrected chi connectivity index (χ2v) is 5.71. The van der Waals surface area contributed by atoms with Crippen molar-refractivity contribution in [2.75, 3.05) is 6.61 Å². The van der Waals surface area contributed by atoms with Gasteiger partial charge < -0.3 is 29.9 Å². The Hall–Kier alpha value is -0.240. The van der Waals surface area contributed by atoms with Crippen LogP contribution in [0.2, 0.25) is 0 Å². The summed E-state index contributed by atoms with van der Waals surface area (Å²) in [5.41, 5.74) is 0. The Morgan fingerprint density at radius 1 is 1.00 bits per heavy atom. The third-order valence-electron chi connectivity index (χ3n) is 4.01. The van der Waals surface area contributed by atoms with Gasteiger partial charge >= 0.3 is 0 Å². The normalized spacial score (nSPS) is 34.9. The van der Waals surface area contributed by atoms with Gasteiger partial charge in [0, 0.05) is 0 Å². The zero-order valence-corrected chi connectivity index (χ0v) is 13.0. The van der Waals surface area contributed by atoms with E-state index in [1.54, 1.807) is 0 Å². The van der Waals surface area contributed by atoms with Crippen molar-refractivity contribution in [3.63, 3.8) is 0 Å². The molecule has 0 amide bonds. The summed E-state index contributed by atoms with van der Waals surface area (Å²) in [5.74, 6) is 0. The van der Waals surface area contributed by atoms with E-state index in [0.717, 1.165) is 25.7 Å². The number of aliphatic hydroxyl groups excluding tert-OH is 4. The molecule has 6 nitrogen and oxygen atoms in total. The van der Waals surface area contributed by atoms with Crippen molar-refractivity contribution in [2.24, 2.45) is 0 Å². The summed E-state index contributed by atoms with van der Waals surface area (Å²) in [7, 11) is 0. The van der Waals surface area contributed by atoms with E-state index in [4.69, 9.17) is 14.6 Å². The average molecular weight is 306 g/mol. The fourth-order valence-corrected chi connectivity index (χ4v) is 2.54. The lowest BCUT2D eigenvalue weighted by Gasteiger charge is -2.40. The van der Waals surface area contributed by atoms with Crippen LogP contribution in [0.4, 0.5) is 0 Å². The summed E-state index contributed by atoms with van der Waals surface area (Å²) < 4.78 is 11.1. The summed E-state index contributed by atoms with van der Waals surface area (Å²) in [4.78, 5) is 0. The van der Waals surface area contributed by atoms with E-state index >= 15 is 0 Å². The Balaban J connectivity index is 2.49. The van der Waals surface area contributed by atoms with Gasteiger partial charge in [-0.25, -0.2) is 0 Å². The number of unbranched alkanes of at least 4 members (excludes halogenated alkanes) is 3. The lowest BCUT2D eigenvalue weighted by atomic mass is 9.99. The molecule has 0 saturated carbocycles. The molecule has 0 spiro atoms. The van der Waals surface area contributed by atoms with Crippen molar-refractivity contribution >= 4 is 0 Å². The molecular weight excluding hydrogens is 276 g/mol. The molecule has 6 heteroatoms. The van der Waals surface area contributed by atoms with Crippen LogP contribution in [0.15, 0.2) is 0 Å². The molecule has 0 bridgehead atoms. The van der Waals surface area contributed by atoms with Gasteiger partial charge in [-0.05, 0) is 12.8 Å². The molecule has 0 aliphatic carbocycles. The third-order valence-corrected chi connectivity index (χ3v) is 4.01. The van der Waals surface area contributed by atoms with Crippen molar-refractivity contribution < 1.29 is 29.9 Å². The molecule has 0 aromatic heterocycles. The molecule has 1 fully saturated rings. The molecule has 1 aliphatic rings. The molecule has 6 atom stereocenters. The van der Waals surface area contributed by atoms with E-state index in [9.17, 15) is 15.3 Å². The minimum atomic E-state index is -1.38. The van der Waals surface area contributed by atoms with Crippen molar-refractivity contribution in [1.29, 1.82) is 0 Å². The average Bonchev–Trinajstić information content (AvgIpc) is 2.50. The maximum absolute atomic E-state index is 9.93. The van der Waals surface area contributed by atoms with E-state index in [2.05, 4.69) is 6.92 Å². The maximum atomic E-state index is 9.93. The van der Waals surface area contributed by atoms with Crippen LogP contribution in [0.5, 0.6) is 0 Å². The Bertz CT molecular complexity index is 273. The summed E-state index contributed by atoms with van der Waals surface area (Å²) in [6, 6.07) is 0. The molecule has 21 heavy (non-hydrogen) atoms. The second kappa shape index (κ2) is 9.71. The lowest BCUT2D eigenvalue weighted by Crippen LogP contribution is -2.59. The molecule has 1 heterocycles. The van der Waals surface area contributed by atoms with Gasteiger partial charge in [-0.15, -0.1) is 0 Å². The van der Waals surface area contributed by atoms with Crippen molar-refractivity contribution in [2.45, 2.75) is 89.2 Å². The minimum absolute atomic E-state index is 0.0664. The first-order chi connectivity index (χ1) is 10.0. The fourth-order valence-electron chi connectivity index (χ4n) is 2.54. The zero-order valence-electron chi connectivity index (χ0n) is 13.0. The number of rotatable bonds is 9. The summed E-state index contributed by atoms with van der Waals surface area (Å²) in [6.45, 7) is 3.72. The highest BCUT2D eigenvalue weighted by Gasteiger charge is 2.44. The van der Waals surface area contributed by atoms with E-state index < -0.39 is 37.3 Å². The van der Waals surface area contributed by atoms with Gasteiger partial charge in [-0.1, -0.05) is 39.5 Å². The monoisotopic (exact) mass is 306 g/mol. The van der Waals surface area contributed by atoms with Gasteiger partial charge in [0.1, 0.15) is 24.4 Å². The van der Waals surface area contributed by atoms with Crippen LogP contribution in [0, 0.1) is 0 Å². The third kappa shape index (κ3) is 5.47. The zero-order chi connectivity index (χ0) is 15.8. The fraction of sp³-hybridized carbons (Fsp3) is 1.00. The number of hydrogen-bond acceptors (Lipinski definition) is 6. The van der Waals surface area contributed by atoms with Crippen molar-refractivity contribution in [3.05, 3.63) is 0 Å². The first-order valence-electron chi connectivity index (χ1n) is 8.01. The van der Waals surface area contributed by atoms with Gasteiger partial charge in [-0.2, -0.15) is 0 Å². The van der Waals surface area contributed by atoms with E-state index in [0.29, 0.717) is 0 Å². The SMILES string of the molecule is CCCCCCC(CC)O[C@@H]1OC(CO)C(O)C(O)C1O. The standard InChI is InChI=1S/C15H30O6/c1-3-5-6-7-8-10(4-2)20-15-14(19)13(18)12(17)11(9-16)21-15/h10-19H,3-9H2,1-2H3/t10?,11?,12?,13?,14?,15-/m1/s1. The molecular formula is C15H30O6. The van der Waals surface area contributed by atoms with Gasteiger partial charge in [0.05, 0.1) is 12.7 Å². The summed E-state index contributed by atoms with van der Waals surface area (Å²) in [5, 5.41) is 38.5. The molecule has 0 aromatic carbocycles. The van der Waals surface area contributed by atoms with E-state index in [1.165, 1.54) is 12.8 Å². The summed E-state index contributed by atoms with van der Waals surface area (Å²) in [6.07, 6.45) is 0.175. The Labute approximate surface area is 126 Å². The molecule has 5 unspecified atom stereocenters. The van der Waals surface area contributed by atoms with Gasteiger partial charge in [0.2, 0.25) is 0 Å². The van der Waals surface area contributed by atoms with Crippen LogP contribution in [0.1, 0.15) is 52.4 Å². The number of hydrogen-bond donors (Lipinski definition) is 4. The predicted molar refractivity (Wildman–Crippen MR) is 77.7 cm³/mol. The van der Waals surface area contributed by atoms with Crippen LogP contribution >= 0.6 is 0 Å². The van der Waals surface area contributed by atoms with Crippen LogP contribution in [-0.4, -0.2) is 63.8 Å². The molecule has 1 rings (SSSR count). The molecule has 4 N–H and O–H groups in total. The lowest BCUT2D eigenvalue weighted by molar-refractivity contribution is -0.311. The van der Waals surface area contributed by atoms with Crippen LogP contribution < -0.4 is 0 Å². The van der Waals surface area contributed by atoms with Gasteiger partial charge in [0.25, 0.3) is 0 Å². The minimum Gasteiger partial charge on any atom is -0.394 e. The molecule has 0 aromatic rings. The second-order valence-electron chi connectivity index (χ2n) is 5.71. The first kappa shape index (κ1) is 18.8. The highest BCUT2D eigenvalue weighted by Crippen LogP contribution is 2.24. The van der Waals surface area contributed by atoms with Crippen molar-refractivity contribution in [1.82, 2.24) is 0 Å². The topological polar surface area (TPSA) is 99.4 Å². The summed E-state index contributed by atoms with van der Waals surface area (Å²) >= 11 is 0. The Kier molecular flexibility index (Phi) is 8.70. The van der Waals surface area contributed by atoms with Crippen molar-refractivity contribution in [3.8, 4) is 0 Å². The van der Waals surface area contributed by atoms with Crippen LogP contribution in [0.25, 0.3) is 0 Å². The smallest absolute Gasteiger partial charge is 0.186 e. The molecule has 0 radical (unpaired) electrons. The van der Waals surface area contributed by atoms with Gasteiger partial charge in [0.15, 0.2) is 6.29 Å². The van der Waals surface area contributed by atoms with E-state index in [1.807, 2.05) is 6.92 Å². The maximum Gasteiger partial charge on any atom is 0.186 e. The van der Waals surface area contributed by atoms with Crippen LogP contribution in [-0.2, 0) is 9.47 Å². The Morgan fingerprint density at radius 2 is 1.71 bits per heavy atom. The molecule has 1 aliphatic heterocycles. The highest BCUT2D eigenvalue weighted by atomic mass is 16.7. The van der Waals surface area contributed by atoms with Crippen LogP contribution in [0.3, 0.4) is 0 Å². The molecule has 126 valence electrons. The molecule has 1 saturated heterocycles. The van der Waals surface area contributed by atoms with E-state index in [-0.39, 0.29) is 6.10 Å². The van der Waals surface area contributed by atoms with Gasteiger partial charge in [-0.3, -0.25) is 0 Å². The largest absolute Gasteiger partial charge is 0.394 e. The quantitative estimate of drug-likeness (QED) is 0.464.